The zero-order valence-corrected chi connectivity index (χ0v) is 15.7. The van der Waals surface area contributed by atoms with Crippen molar-refractivity contribution < 1.29 is 4.79 Å². The average Bonchev–Trinajstić information content (AvgIpc) is 3.11. The molecule has 25 heavy (non-hydrogen) atoms. The Kier molecular flexibility index (Phi) is 4.66. The minimum Gasteiger partial charge on any atom is -0.350 e. The number of H-pyrrole nitrogens is 1. The molecule has 0 bridgehead atoms. The number of aromatic amines is 1. The Morgan fingerprint density at radius 2 is 2.04 bits per heavy atom. The van der Waals surface area contributed by atoms with Gasteiger partial charge in [-0.2, -0.15) is 5.10 Å². The van der Waals surface area contributed by atoms with Crippen LogP contribution in [-0.4, -0.2) is 39.2 Å². The van der Waals surface area contributed by atoms with Gasteiger partial charge >= 0.3 is 0 Å². The Balaban J connectivity index is 1.72. The number of aryl methyl sites for hydroxylation is 5. The van der Waals surface area contributed by atoms with Crippen LogP contribution < -0.4 is 0 Å². The maximum atomic E-state index is 12.9. The quantitative estimate of drug-likeness (QED) is 0.774. The third-order valence-corrected chi connectivity index (χ3v) is 4.79. The fraction of sp³-hybridized carbons (Fsp3) is 0.400. The summed E-state index contributed by atoms with van der Waals surface area (Å²) in [6.45, 7) is 6.91. The molecule has 0 aliphatic carbocycles. The standard InChI is InChI=1S/C20H26N4O/c1-13-9-14(2)18-17(10-13)15(3)19(22-18)20(25)23(4)8-6-7-16-11-21-24(5)12-16/h9-12,22H,6-8H2,1-5H3. The van der Waals surface area contributed by atoms with Crippen LogP contribution in [0.1, 0.15) is 39.2 Å². The molecule has 3 aromatic rings. The summed E-state index contributed by atoms with van der Waals surface area (Å²) < 4.78 is 1.81. The monoisotopic (exact) mass is 338 g/mol. The number of fused-ring (bicyclic) bond motifs is 1. The van der Waals surface area contributed by atoms with Gasteiger partial charge in [0.2, 0.25) is 0 Å². The lowest BCUT2D eigenvalue weighted by Crippen LogP contribution is -2.28. The normalized spacial score (nSPS) is 11.2. The van der Waals surface area contributed by atoms with E-state index in [0.717, 1.165) is 35.9 Å². The van der Waals surface area contributed by atoms with E-state index >= 15 is 0 Å². The summed E-state index contributed by atoms with van der Waals surface area (Å²) in [7, 11) is 3.79. The van der Waals surface area contributed by atoms with Gasteiger partial charge in [0.25, 0.3) is 5.91 Å². The number of carbonyl (C=O) groups excluding carboxylic acids is 1. The second-order valence-corrected chi connectivity index (χ2v) is 6.98. The zero-order chi connectivity index (χ0) is 18.1. The molecular formula is C20H26N4O. The SMILES string of the molecule is Cc1cc(C)c2[nH]c(C(=O)N(C)CCCc3cnn(C)c3)c(C)c2c1. The second-order valence-electron chi connectivity index (χ2n) is 6.98. The molecule has 1 amide bonds. The van der Waals surface area contributed by atoms with E-state index in [9.17, 15) is 4.79 Å². The van der Waals surface area contributed by atoms with E-state index in [4.69, 9.17) is 0 Å². The van der Waals surface area contributed by atoms with Crippen molar-refractivity contribution in [2.75, 3.05) is 13.6 Å². The number of carbonyl (C=O) groups is 1. The minimum atomic E-state index is 0.0527. The Labute approximate surface area is 148 Å². The third-order valence-electron chi connectivity index (χ3n) is 4.79. The van der Waals surface area contributed by atoms with Crippen LogP contribution >= 0.6 is 0 Å². The van der Waals surface area contributed by atoms with Gasteiger partial charge in [0, 0.05) is 37.7 Å². The van der Waals surface area contributed by atoms with Crippen molar-refractivity contribution in [2.45, 2.75) is 33.6 Å². The maximum Gasteiger partial charge on any atom is 0.270 e. The summed E-state index contributed by atoms with van der Waals surface area (Å²) in [4.78, 5) is 18.0. The van der Waals surface area contributed by atoms with Gasteiger partial charge in [-0.05, 0) is 56.4 Å². The lowest BCUT2D eigenvalue weighted by Gasteiger charge is -2.16. The van der Waals surface area contributed by atoms with E-state index in [2.05, 4.69) is 36.1 Å². The van der Waals surface area contributed by atoms with Gasteiger partial charge in [-0.25, -0.2) is 0 Å². The molecule has 132 valence electrons. The van der Waals surface area contributed by atoms with Gasteiger partial charge < -0.3 is 9.88 Å². The fourth-order valence-corrected chi connectivity index (χ4v) is 3.41. The zero-order valence-electron chi connectivity index (χ0n) is 15.7. The van der Waals surface area contributed by atoms with E-state index in [0.29, 0.717) is 5.69 Å². The van der Waals surface area contributed by atoms with Crippen molar-refractivity contribution in [3.05, 3.63) is 52.5 Å². The van der Waals surface area contributed by atoms with Gasteiger partial charge in [0.05, 0.1) is 6.20 Å². The summed E-state index contributed by atoms with van der Waals surface area (Å²) in [6.07, 6.45) is 5.75. The van der Waals surface area contributed by atoms with Crippen LogP contribution in [-0.2, 0) is 13.5 Å². The van der Waals surface area contributed by atoms with Crippen LogP contribution in [0.5, 0.6) is 0 Å². The van der Waals surface area contributed by atoms with Crippen molar-refractivity contribution in [3.63, 3.8) is 0 Å². The molecule has 3 rings (SSSR count). The second kappa shape index (κ2) is 6.75. The highest BCUT2D eigenvalue weighted by atomic mass is 16.2. The number of nitrogens with zero attached hydrogens (tertiary/aromatic N) is 3. The molecule has 0 unspecified atom stereocenters. The molecule has 0 aliphatic heterocycles. The molecule has 1 N–H and O–H groups in total. The summed E-state index contributed by atoms with van der Waals surface area (Å²) in [5.41, 5.74) is 6.40. The number of aromatic nitrogens is 3. The fourth-order valence-electron chi connectivity index (χ4n) is 3.41. The van der Waals surface area contributed by atoms with Crippen molar-refractivity contribution in [1.82, 2.24) is 19.7 Å². The number of rotatable bonds is 5. The molecule has 0 spiro atoms. The first-order valence-electron chi connectivity index (χ1n) is 8.69. The highest BCUT2D eigenvalue weighted by Crippen LogP contribution is 2.26. The Morgan fingerprint density at radius 1 is 1.28 bits per heavy atom. The van der Waals surface area contributed by atoms with Crippen LogP contribution in [0.4, 0.5) is 0 Å². The first-order chi connectivity index (χ1) is 11.9. The van der Waals surface area contributed by atoms with E-state index < -0.39 is 0 Å². The molecule has 0 atom stereocenters. The van der Waals surface area contributed by atoms with Gasteiger partial charge in [-0.15, -0.1) is 0 Å². The maximum absolute atomic E-state index is 12.9. The summed E-state index contributed by atoms with van der Waals surface area (Å²) in [5, 5.41) is 5.32. The van der Waals surface area contributed by atoms with Crippen LogP contribution in [0.25, 0.3) is 10.9 Å². The van der Waals surface area contributed by atoms with Gasteiger partial charge in [0.15, 0.2) is 0 Å². The highest BCUT2D eigenvalue weighted by Gasteiger charge is 2.19. The topological polar surface area (TPSA) is 53.9 Å². The lowest BCUT2D eigenvalue weighted by atomic mass is 10.1. The van der Waals surface area contributed by atoms with E-state index in [1.165, 1.54) is 16.7 Å². The van der Waals surface area contributed by atoms with Crippen molar-refractivity contribution in [1.29, 1.82) is 0 Å². The molecule has 0 aliphatic rings. The molecule has 0 saturated heterocycles. The number of hydrogen-bond donors (Lipinski definition) is 1. The first kappa shape index (κ1) is 17.3. The Bertz CT molecular complexity index is 919. The van der Waals surface area contributed by atoms with Gasteiger partial charge in [-0.1, -0.05) is 11.6 Å². The van der Waals surface area contributed by atoms with E-state index in [-0.39, 0.29) is 5.91 Å². The molecule has 0 saturated carbocycles. The Morgan fingerprint density at radius 3 is 2.72 bits per heavy atom. The number of hydrogen-bond acceptors (Lipinski definition) is 2. The summed E-state index contributed by atoms with van der Waals surface area (Å²) in [6, 6.07) is 4.29. The summed E-state index contributed by atoms with van der Waals surface area (Å²) >= 11 is 0. The van der Waals surface area contributed by atoms with Crippen LogP contribution in [0, 0.1) is 20.8 Å². The number of amides is 1. The highest BCUT2D eigenvalue weighted by molar-refractivity contribution is 6.01. The van der Waals surface area contributed by atoms with E-state index in [1.807, 2.05) is 38.1 Å². The predicted octanol–water partition coefficient (Wildman–Crippen LogP) is 3.53. The van der Waals surface area contributed by atoms with Crippen LogP contribution in [0.2, 0.25) is 0 Å². The summed E-state index contributed by atoms with van der Waals surface area (Å²) in [5.74, 6) is 0.0527. The lowest BCUT2D eigenvalue weighted by molar-refractivity contribution is 0.0788. The van der Waals surface area contributed by atoms with E-state index in [1.54, 1.807) is 4.90 Å². The molecular weight excluding hydrogens is 312 g/mol. The van der Waals surface area contributed by atoms with Crippen molar-refractivity contribution in [3.8, 4) is 0 Å². The van der Waals surface area contributed by atoms with Gasteiger partial charge in [-0.3, -0.25) is 9.48 Å². The molecule has 0 radical (unpaired) electrons. The molecule has 5 heteroatoms. The smallest absolute Gasteiger partial charge is 0.270 e. The largest absolute Gasteiger partial charge is 0.350 e. The van der Waals surface area contributed by atoms with Crippen LogP contribution in [0.15, 0.2) is 24.5 Å². The average molecular weight is 338 g/mol. The van der Waals surface area contributed by atoms with Crippen molar-refractivity contribution >= 4 is 16.8 Å². The molecule has 1 aromatic carbocycles. The first-order valence-corrected chi connectivity index (χ1v) is 8.69. The molecule has 2 aromatic heterocycles. The minimum absolute atomic E-state index is 0.0527. The Hall–Kier alpha value is -2.56. The predicted molar refractivity (Wildman–Crippen MR) is 101 cm³/mol. The molecule has 5 nitrogen and oxygen atoms in total. The third kappa shape index (κ3) is 3.45. The number of nitrogens with one attached hydrogen (secondary N) is 1. The van der Waals surface area contributed by atoms with Crippen molar-refractivity contribution in [2.24, 2.45) is 7.05 Å². The number of benzene rings is 1. The van der Waals surface area contributed by atoms with Gasteiger partial charge in [0.1, 0.15) is 5.69 Å². The molecule has 2 heterocycles. The molecule has 0 fully saturated rings. The van der Waals surface area contributed by atoms with Crippen LogP contribution in [0.3, 0.4) is 0 Å².